The molecule has 3 nitrogen and oxygen atoms in total. The van der Waals surface area contributed by atoms with Crippen molar-refractivity contribution in [1.82, 2.24) is 9.97 Å². The molecule has 4 heteroatoms. The van der Waals surface area contributed by atoms with Crippen LogP contribution in [0, 0.1) is 0 Å². The van der Waals surface area contributed by atoms with Crippen LogP contribution in [-0.2, 0) is 6.42 Å². The number of allylic oxidation sites excluding steroid dienone is 1. The van der Waals surface area contributed by atoms with Crippen molar-refractivity contribution in [2.45, 2.75) is 45.4 Å². The molecular formula is C14H20ClN3. The summed E-state index contributed by atoms with van der Waals surface area (Å²) < 4.78 is 0. The standard InChI is InChI=1S/C14H20ClN3/c1-2-5-12-13(15)17-10-18-14(12)16-9-8-11-6-3-4-7-11/h6,10H,2-5,7-9H2,1H3,(H,16,17,18). The number of halogens is 1. The summed E-state index contributed by atoms with van der Waals surface area (Å²) in [6.07, 6.45) is 10.8. The monoisotopic (exact) mass is 265 g/mol. The first kappa shape index (κ1) is 13.3. The molecular weight excluding hydrogens is 246 g/mol. The first-order valence-corrected chi connectivity index (χ1v) is 7.10. The van der Waals surface area contributed by atoms with E-state index < -0.39 is 0 Å². The van der Waals surface area contributed by atoms with E-state index in [0.717, 1.165) is 37.2 Å². The largest absolute Gasteiger partial charge is 0.369 e. The summed E-state index contributed by atoms with van der Waals surface area (Å²) in [6.45, 7) is 3.06. The van der Waals surface area contributed by atoms with E-state index in [2.05, 4.69) is 28.3 Å². The van der Waals surface area contributed by atoms with Gasteiger partial charge in [0.15, 0.2) is 0 Å². The van der Waals surface area contributed by atoms with Crippen molar-refractivity contribution in [2.75, 3.05) is 11.9 Å². The van der Waals surface area contributed by atoms with Crippen LogP contribution in [0.4, 0.5) is 5.82 Å². The summed E-state index contributed by atoms with van der Waals surface area (Å²) in [7, 11) is 0. The third-order valence-electron chi connectivity index (χ3n) is 3.27. The van der Waals surface area contributed by atoms with Gasteiger partial charge in [-0.3, -0.25) is 0 Å². The first-order valence-electron chi connectivity index (χ1n) is 6.72. The van der Waals surface area contributed by atoms with E-state index in [1.54, 1.807) is 5.57 Å². The smallest absolute Gasteiger partial charge is 0.137 e. The van der Waals surface area contributed by atoms with Crippen molar-refractivity contribution in [2.24, 2.45) is 0 Å². The molecule has 0 amide bonds. The van der Waals surface area contributed by atoms with Gasteiger partial charge in [0, 0.05) is 12.1 Å². The van der Waals surface area contributed by atoms with E-state index >= 15 is 0 Å². The lowest BCUT2D eigenvalue weighted by Crippen LogP contribution is -2.08. The number of nitrogens with one attached hydrogen (secondary N) is 1. The predicted molar refractivity (Wildman–Crippen MR) is 76.1 cm³/mol. The minimum Gasteiger partial charge on any atom is -0.369 e. The summed E-state index contributed by atoms with van der Waals surface area (Å²) in [5.41, 5.74) is 2.61. The van der Waals surface area contributed by atoms with E-state index in [9.17, 15) is 0 Å². The fourth-order valence-electron chi connectivity index (χ4n) is 2.32. The Morgan fingerprint density at radius 1 is 1.33 bits per heavy atom. The Kier molecular flexibility index (Phi) is 5.00. The third-order valence-corrected chi connectivity index (χ3v) is 3.59. The van der Waals surface area contributed by atoms with Gasteiger partial charge in [-0.25, -0.2) is 9.97 Å². The lowest BCUT2D eigenvalue weighted by molar-refractivity contribution is 0.855. The van der Waals surface area contributed by atoms with Gasteiger partial charge in [-0.1, -0.05) is 36.6 Å². The second-order valence-corrected chi connectivity index (χ2v) is 5.03. The average molecular weight is 266 g/mol. The van der Waals surface area contributed by atoms with E-state index in [4.69, 9.17) is 11.6 Å². The molecule has 0 fully saturated rings. The number of anilines is 1. The maximum absolute atomic E-state index is 6.11. The Labute approximate surface area is 114 Å². The maximum atomic E-state index is 6.11. The average Bonchev–Trinajstić information content (AvgIpc) is 2.86. The summed E-state index contributed by atoms with van der Waals surface area (Å²) in [6, 6.07) is 0. The number of hydrogen-bond acceptors (Lipinski definition) is 3. The molecule has 0 aliphatic heterocycles. The molecule has 2 rings (SSSR count). The van der Waals surface area contributed by atoms with Crippen LogP contribution < -0.4 is 5.32 Å². The van der Waals surface area contributed by atoms with E-state index in [1.165, 1.54) is 25.6 Å². The Balaban J connectivity index is 1.93. The molecule has 0 atom stereocenters. The Hall–Kier alpha value is -1.09. The number of hydrogen-bond donors (Lipinski definition) is 1. The summed E-state index contributed by atoms with van der Waals surface area (Å²) in [5.74, 6) is 0.899. The van der Waals surface area contributed by atoms with Crippen molar-refractivity contribution in [3.05, 3.63) is 28.7 Å². The Bertz CT molecular complexity index is 429. The molecule has 0 aromatic carbocycles. The molecule has 98 valence electrons. The van der Waals surface area contributed by atoms with E-state index in [1.807, 2.05) is 0 Å². The number of rotatable bonds is 6. The lowest BCUT2D eigenvalue weighted by atomic mass is 10.1. The fourth-order valence-corrected chi connectivity index (χ4v) is 2.55. The molecule has 0 saturated carbocycles. The van der Waals surface area contributed by atoms with Gasteiger partial charge in [0.1, 0.15) is 17.3 Å². The van der Waals surface area contributed by atoms with Crippen molar-refractivity contribution in [1.29, 1.82) is 0 Å². The highest BCUT2D eigenvalue weighted by molar-refractivity contribution is 6.30. The summed E-state index contributed by atoms with van der Waals surface area (Å²) in [5, 5.41) is 3.97. The summed E-state index contributed by atoms with van der Waals surface area (Å²) >= 11 is 6.11. The molecule has 0 spiro atoms. The van der Waals surface area contributed by atoms with Crippen molar-refractivity contribution in [3.63, 3.8) is 0 Å². The van der Waals surface area contributed by atoms with Crippen molar-refractivity contribution >= 4 is 17.4 Å². The van der Waals surface area contributed by atoms with Crippen molar-refractivity contribution < 1.29 is 0 Å². The minimum atomic E-state index is 0.578. The van der Waals surface area contributed by atoms with Gasteiger partial charge < -0.3 is 5.32 Å². The summed E-state index contributed by atoms with van der Waals surface area (Å²) in [4.78, 5) is 8.34. The van der Waals surface area contributed by atoms with Crippen LogP contribution in [0.15, 0.2) is 18.0 Å². The zero-order valence-corrected chi connectivity index (χ0v) is 11.6. The number of nitrogens with zero attached hydrogens (tertiary/aromatic N) is 2. The molecule has 0 bridgehead atoms. The Morgan fingerprint density at radius 3 is 2.94 bits per heavy atom. The van der Waals surface area contributed by atoms with Gasteiger partial charge in [0.2, 0.25) is 0 Å². The van der Waals surface area contributed by atoms with Crippen LogP contribution in [0.1, 0.15) is 44.6 Å². The van der Waals surface area contributed by atoms with Crippen molar-refractivity contribution in [3.8, 4) is 0 Å². The van der Waals surface area contributed by atoms with E-state index in [0.29, 0.717) is 5.15 Å². The molecule has 18 heavy (non-hydrogen) atoms. The van der Waals surface area contributed by atoms with Crippen LogP contribution in [0.3, 0.4) is 0 Å². The van der Waals surface area contributed by atoms with Gasteiger partial charge in [-0.05, 0) is 32.1 Å². The second kappa shape index (κ2) is 6.74. The van der Waals surface area contributed by atoms with Crippen LogP contribution in [0.2, 0.25) is 5.15 Å². The second-order valence-electron chi connectivity index (χ2n) is 4.67. The number of aromatic nitrogens is 2. The third kappa shape index (κ3) is 3.45. The lowest BCUT2D eigenvalue weighted by Gasteiger charge is -2.11. The van der Waals surface area contributed by atoms with Gasteiger partial charge in [-0.2, -0.15) is 0 Å². The van der Waals surface area contributed by atoms with Crippen LogP contribution in [-0.4, -0.2) is 16.5 Å². The predicted octanol–water partition coefficient (Wildman–Crippen LogP) is 3.99. The van der Waals surface area contributed by atoms with Crippen LogP contribution >= 0.6 is 11.6 Å². The molecule has 1 aromatic rings. The molecule has 0 radical (unpaired) electrons. The minimum absolute atomic E-state index is 0.578. The van der Waals surface area contributed by atoms with Gasteiger partial charge >= 0.3 is 0 Å². The topological polar surface area (TPSA) is 37.8 Å². The SMILES string of the molecule is CCCc1c(Cl)ncnc1NCCC1=CCCC1. The Morgan fingerprint density at radius 2 is 2.22 bits per heavy atom. The molecule has 0 unspecified atom stereocenters. The molecule has 1 aliphatic carbocycles. The zero-order valence-electron chi connectivity index (χ0n) is 10.9. The molecule has 1 aromatic heterocycles. The molecule has 1 aliphatic rings. The van der Waals surface area contributed by atoms with Gasteiger partial charge in [0.25, 0.3) is 0 Å². The molecule has 0 saturated heterocycles. The maximum Gasteiger partial charge on any atom is 0.137 e. The normalized spacial score (nSPS) is 14.7. The highest BCUT2D eigenvalue weighted by Gasteiger charge is 2.09. The van der Waals surface area contributed by atoms with Gasteiger partial charge in [0.05, 0.1) is 0 Å². The van der Waals surface area contributed by atoms with E-state index in [-0.39, 0.29) is 0 Å². The molecule has 1 N–H and O–H groups in total. The van der Waals surface area contributed by atoms with Crippen LogP contribution in [0.5, 0.6) is 0 Å². The van der Waals surface area contributed by atoms with Crippen LogP contribution in [0.25, 0.3) is 0 Å². The highest BCUT2D eigenvalue weighted by Crippen LogP contribution is 2.23. The zero-order chi connectivity index (χ0) is 12.8. The van der Waals surface area contributed by atoms with Gasteiger partial charge in [-0.15, -0.1) is 0 Å². The quantitative estimate of drug-likeness (QED) is 0.624. The highest BCUT2D eigenvalue weighted by atomic mass is 35.5. The fraction of sp³-hybridized carbons (Fsp3) is 0.571. The first-order chi connectivity index (χ1) is 8.81. The molecule has 1 heterocycles.